The first-order valence-corrected chi connectivity index (χ1v) is 8.79. The van der Waals surface area contributed by atoms with Gasteiger partial charge in [-0.1, -0.05) is 0 Å². The Hall–Kier alpha value is -3.16. The van der Waals surface area contributed by atoms with Crippen LogP contribution in [0.2, 0.25) is 0 Å². The second-order valence-electron chi connectivity index (χ2n) is 6.41. The predicted molar refractivity (Wildman–Crippen MR) is 93.3 cm³/mol. The lowest BCUT2D eigenvalue weighted by atomic mass is 10.1. The fourth-order valence-corrected chi connectivity index (χ4v) is 3.15. The van der Waals surface area contributed by atoms with Gasteiger partial charge in [0.2, 0.25) is 18.6 Å². The largest absolute Gasteiger partial charge is 0.492 e. The van der Waals surface area contributed by atoms with Gasteiger partial charge in [-0.3, -0.25) is 9.59 Å². The number of nitrogens with zero attached hydrogens (tertiary/aromatic N) is 1. The van der Waals surface area contributed by atoms with E-state index < -0.39 is 0 Å². The average molecular weight is 372 g/mol. The molecule has 1 aromatic carbocycles. The van der Waals surface area contributed by atoms with Gasteiger partial charge in [-0.2, -0.15) is 0 Å². The van der Waals surface area contributed by atoms with Gasteiger partial charge in [0.05, 0.1) is 25.3 Å². The number of furan rings is 1. The topological polar surface area (TPSA) is 90.2 Å². The highest BCUT2D eigenvalue weighted by Crippen LogP contribution is 2.35. The van der Waals surface area contributed by atoms with Crippen molar-refractivity contribution in [3.8, 4) is 17.2 Å². The number of carbonyl (C=O) groups excluding carboxylic acids is 2. The van der Waals surface area contributed by atoms with Crippen LogP contribution in [0, 0.1) is 5.92 Å². The predicted octanol–water partition coefficient (Wildman–Crippen LogP) is 1.55. The van der Waals surface area contributed by atoms with E-state index in [0.717, 1.165) is 0 Å². The number of likely N-dealkylation sites (tertiary alicyclic amines) is 1. The van der Waals surface area contributed by atoms with E-state index in [0.29, 0.717) is 49.2 Å². The second-order valence-corrected chi connectivity index (χ2v) is 6.41. The molecule has 142 valence electrons. The van der Waals surface area contributed by atoms with Crippen molar-refractivity contribution in [1.82, 2.24) is 10.2 Å². The molecule has 2 aliphatic rings. The standard InChI is InChI=1S/C19H20N2O6/c22-18-8-13(10-21(18)11-15-2-1-6-24-15)19(23)20-5-7-25-14-3-4-16-17(9-14)27-12-26-16/h1-4,6,9,13H,5,7-8,10-12H2,(H,20,23). The normalized spacial score (nSPS) is 18.0. The molecule has 3 heterocycles. The Labute approximate surface area is 156 Å². The number of nitrogens with one attached hydrogen (secondary N) is 1. The summed E-state index contributed by atoms with van der Waals surface area (Å²) in [5.41, 5.74) is 0. The molecular weight excluding hydrogens is 352 g/mol. The van der Waals surface area contributed by atoms with Gasteiger partial charge in [-0.25, -0.2) is 0 Å². The van der Waals surface area contributed by atoms with Crippen molar-refractivity contribution < 1.29 is 28.2 Å². The molecule has 1 N–H and O–H groups in total. The lowest BCUT2D eigenvalue weighted by molar-refractivity contribution is -0.129. The highest BCUT2D eigenvalue weighted by atomic mass is 16.7. The molecule has 0 bridgehead atoms. The zero-order valence-electron chi connectivity index (χ0n) is 14.7. The second kappa shape index (κ2) is 7.61. The van der Waals surface area contributed by atoms with Gasteiger partial charge in [0.25, 0.3) is 0 Å². The highest BCUT2D eigenvalue weighted by Gasteiger charge is 2.34. The van der Waals surface area contributed by atoms with Crippen molar-refractivity contribution in [2.75, 3.05) is 26.5 Å². The number of rotatable bonds is 7. The first-order valence-electron chi connectivity index (χ1n) is 8.79. The molecule has 1 atom stereocenters. The Morgan fingerprint density at radius 1 is 1.26 bits per heavy atom. The minimum absolute atomic E-state index is 0.0387. The number of ether oxygens (including phenoxy) is 3. The molecule has 1 fully saturated rings. The molecule has 1 unspecified atom stereocenters. The van der Waals surface area contributed by atoms with Crippen molar-refractivity contribution in [3.63, 3.8) is 0 Å². The van der Waals surface area contributed by atoms with Crippen LogP contribution in [0.5, 0.6) is 17.2 Å². The van der Waals surface area contributed by atoms with Gasteiger partial charge in [-0.05, 0) is 24.3 Å². The number of benzene rings is 1. The number of hydrogen-bond acceptors (Lipinski definition) is 6. The summed E-state index contributed by atoms with van der Waals surface area (Å²) in [7, 11) is 0. The third-order valence-electron chi connectivity index (χ3n) is 4.53. The lowest BCUT2D eigenvalue weighted by Gasteiger charge is -2.15. The number of fused-ring (bicyclic) bond motifs is 1. The van der Waals surface area contributed by atoms with E-state index in [-0.39, 0.29) is 30.9 Å². The van der Waals surface area contributed by atoms with Gasteiger partial charge < -0.3 is 28.8 Å². The zero-order chi connectivity index (χ0) is 18.6. The molecule has 2 aromatic rings. The Morgan fingerprint density at radius 2 is 2.15 bits per heavy atom. The minimum atomic E-state index is -0.349. The van der Waals surface area contributed by atoms with Crippen LogP contribution in [0.4, 0.5) is 0 Å². The van der Waals surface area contributed by atoms with Crippen LogP contribution >= 0.6 is 0 Å². The maximum absolute atomic E-state index is 12.3. The quantitative estimate of drug-likeness (QED) is 0.742. The Balaban J connectivity index is 1.20. The Bertz CT molecular complexity index is 820. The van der Waals surface area contributed by atoms with E-state index in [1.54, 1.807) is 35.4 Å². The van der Waals surface area contributed by atoms with E-state index in [1.807, 2.05) is 6.07 Å². The summed E-state index contributed by atoms with van der Waals surface area (Å²) < 4.78 is 21.4. The number of amides is 2. The summed E-state index contributed by atoms with van der Waals surface area (Å²) in [4.78, 5) is 26.0. The maximum Gasteiger partial charge on any atom is 0.231 e. The van der Waals surface area contributed by atoms with E-state index in [1.165, 1.54) is 0 Å². The molecule has 0 saturated carbocycles. The summed E-state index contributed by atoms with van der Waals surface area (Å²) in [5.74, 6) is 2.18. The van der Waals surface area contributed by atoms with Crippen molar-refractivity contribution in [2.24, 2.45) is 5.92 Å². The lowest BCUT2D eigenvalue weighted by Crippen LogP contribution is -2.35. The summed E-state index contributed by atoms with van der Waals surface area (Å²) >= 11 is 0. The fourth-order valence-electron chi connectivity index (χ4n) is 3.15. The maximum atomic E-state index is 12.3. The van der Waals surface area contributed by atoms with Crippen LogP contribution in [-0.2, 0) is 16.1 Å². The van der Waals surface area contributed by atoms with Gasteiger partial charge in [0.15, 0.2) is 11.5 Å². The van der Waals surface area contributed by atoms with Crippen molar-refractivity contribution in [1.29, 1.82) is 0 Å². The molecule has 8 heteroatoms. The average Bonchev–Trinajstić information content (AvgIpc) is 3.40. The van der Waals surface area contributed by atoms with E-state index in [4.69, 9.17) is 18.6 Å². The molecule has 1 aromatic heterocycles. The summed E-state index contributed by atoms with van der Waals surface area (Å²) in [6.07, 6.45) is 1.79. The van der Waals surface area contributed by atoms with Crippen molar-refractivity contribution >= 4 is 11.8 Å². The third-order valence-corrected chi connectivity index (χ3v) is 4.53. The minimum Gasteiger partial charge on any atom is -0.492 e. The molecule has 2 aliphatic heterocycles. The van der Waals surface area contributed by atoms with Crippen LogP contribution in [0.15, 0.2) is 41.0 Å². The SMILES string of the molecule is O=C(NCCOc1ccc2c(c1)OCO2)C1CC(=O)N(Cc2ccco2)C1. The molecule has 27 heavy (non-hydrogen) atoms. The summed E-state index contributed by atoms with van der Waals surface area (Å²) in [6.45, 7) is 1.68. The summed E-state index contributed by atoms with van der Waals surface area (Å²) in [6, 6.07) is 8.92. The van der Waals surface area contributed by atoms with Crippen LogP contribution in [0.3, 0.4) is 0 Å². The van der Waals surface area contributed by atoms with Gasteiger partial charge >= 0.3 is 0 Å². The van der Waals surface area contributed by atoms with Gasteiger partial charge in [0.1, 0.15) is 18.1 Å². The number of hydrogen-bond donors (Lipinski definition) is 1. The molecule has 0 aliphatic carbocycles. The smallest absolute Gasteiger partial charge is 0.231 e. The van der Waals surface area contributed by atoms with Gasteiger partial charge in [-0.15, -0.1) is 0 Å². The third kappa shape index (κ3) is 3.99. The van der Waals surface area contributed by atoms with E-state index in [9.17, 15) is 9.59 Å². The van der Waals surface area contributed by atoms with E-state index >= 15 is 0 Å². The zero-order valence-corrected chi connectivity index (χ0v) is 14.7. The highest BCUT2D eigenvalue weighted by molar-refractivity contribution is 5.89. The van der Waals surface area contributed by atoms with Crippen LogP contribution in [0.25, 0.3) is 0 Å². The molecule has 4 rings (SSSR count). The van der Waals surface area contributed by atoms with Gasteiger partial charge in [0, 0.05) is 19.0 Å². The molecule has 0 spiro atoms. The molecule has 0 radical (unpaired) electrons. The van der Waals surface area contributed by atoms with Crippen LogP contribution in [0.1, 0.15) is 12.2 Å². The molecule has 2 amide bonds. The summed E-state index contributed by atoms with van der Waals surface area (Å²) in [5, 5.41) is 2.82. The van der Waals surface area contributed by atoms with Crippen molar-refractivity contribution in [2.45, 2.75) is 13.0 Å². The van der Waals surface area contributed by atoms with Crippen LogP contribution in [-0.4, -0.2) is 43.2 Å². The van der Waals surface area contributed by atoms with Crippen molar-refractivity contribution in [3.05, 3.63) is 42.4 Å². The first-order chi connectivity index (χ1) is 13.2. The fraction of sp³-hybridized carbons (Fsp3) is 0.368. The first kappa shape index (κ1) is 17.3. The molecular formula is C19H20N2O6. The van der Waals surface area contributed by atoms with Crippen LogP contribution < -0.4 is 19.5 Å². The monoisotopic (exact) mass is 372 g/mol. The van der Waals surface area contributed by atoms with E-state index in [2.05, 4.69) is 5.32 Å². The Morgan fingerprint density at radius 3 is 3.00 bits per heavy atom. The molecule has 8 nitrogen and oxygen atoms in total. The molecule has 1 saturated heterocycles. The Kier molecular flexibility index (Phi) is 4.86. The number of carbonyl (C=O) groups is 2.